The molecule has 0 fully saturated rings. The molecule has 10 nitrogen and oxygen atoms in total. The second-order valence-electron chi connectivity index (χ2n) is 7.98. The van der Waals surface area contributed by atoms with Gasteiger partial charge in [-0.1, -0.05) is 18.2 Å². The van der Waals surface area contributed by atoms with Crippen LogP contribution in [0, 0.1) is 6.92 Å². The first-order valence-corrected chi connectivity index (χ1v) is 12.8. The first-order chi connectivity index (χ1) is 17.3. The Morgan fingerprint density at radius 2 is 1.83 bits per heavy atom. The fourth-order valence-electron chi connectivity index (χ4n) is 3.31. The number of anilines is 2. The summed E-state index contributed by atoms with van der Waals surface area (Å²) >= 11 is 0. The Bertz CT molecular complexity index is 1230. The monoisotopic (exact) mass is 514 g/mol. The lowest BCUT2D eigenvalue weighted by molar-refractivity contribution is -0.120. The van der Waals surface area contributed by atoms with Gasteiger partial charge in [0.2, 0.25) is 5.91 Å². The maximum Gasteiger partial charge on any atom is 0.264 e. The number of nitrogens with one attached hydrogen (secondary N) is 2. The molecule has 0 bridgehead atoms. The maximum absolute atomic E-state index is 13.5. The molecule has 1 atom stereocenters. The highest BCUT2D eigenvalue weighted by Gasteiger charge is 2.28. The highest BCUT2D eigenvalue weighted by Crippen LogP contribution is 2.28. The van der Waals surface area contributed by atoms with Gasteiger partial charge in [0.05, 0.1) is 23.3 Å². The van der Waals surface area contributed by atoms with Crippen LogP contribution in [-0.4, -0.2) is 68.5 Å². The van der Waals surface area contributed by atoms with Crippen LogP contribution in [0.3, 0.4) is 0 Å². The molecule has 1 heterocycles. The average molecular weight is 515 g/mol. The summed E-state index contributed by atoms with van der Waals surface area (Å²) in [5.41, 5.74) is 1.90. The number of hydrogen-bond donors (Lipinski definition) is 4. The van der Waals surface area contributed by atoms with Gasteiger partial charge < -0.3 is 25.6 Å². The topological polar surface area (TPSA) is 141 Å². The lowest BCUT2D eigenvalue weighted by Gasteiger charge is -2.25. The highest BCUT2D eigenvalue weighted by atomic mass is 32.2. The van der Waals surface area contributed by atoms with E-state index in [1.165, 1.54) is 12.1 Å². The van der Waals surface area contributed by atoms with E-state index in [1.807, 2.05) is 12.1 Å². The van der Waals surface area contributed by atoms with Crippen LogP contribution in [0.25, 0.3) is 0 Å². The predicted molar refractivity (Wildman–Crippen MR) is 136 cm³/mol. The van der Waals surface area contributed by atoms with Crippen LogP contribution in [-0.2, 0) is 14.8 Å². The van der Waals surface area contributed by atoms with E-state index in [2.05, 4.69) is 15.6 Å². The molecule has 1 unspecified atom stereocenters. The van der Waals surface area contributed by atoms with Crippen molar-refractivity contribution in [2.24, 2.45) is 0 Å². The zero-order valence-corrected chi connectivity index (χ0v) is 20.7. The van der Waals surface area contributed by atoms with Crippen molar-refractivity contribution in [3.05, 3.63) is 78.6 Å². The average Bonchev–Trinajstić information content (AvgIpc) is 2.89. The van der Waals surface area contributed by atoms with Crippen molar-refractivity contribution in [2.75, 3.05) is 42.5 Å². The van der Waals surface area contributed by atoms with E-state index < -0.39 is 35.2 Å². The number of hydrogen-bond acceptors (Lipinski definition) is 8. The summed E-state index contributed by atoms with van der Waals surface area (Å²) in [4.78, 5) is 16.6. The number of amides is 1. The molecule has 0 aliphatic heterocycles. The van der Waals surface area contributed by atoms with Gasteiger partial charge in [-0.15, -0.1) is 0 Å². The molecular weight excluding hydrogens is 484 g/mol. The third-order valence-corrected chi connectivity index (χ3v) is 6.86. The van der Waals surface area contributed by atoms with E-state index in [4.69, 9.17) is 9.84 Å². The van der Waals surface area contributed by atoms with Crippen molar-refractivity contribution in [2.45, 2.75) is 17.9 Å². The molecule has 3 aromatic rings. The lowest BCUT2D eigenvalue weighted by atomic mass is 10.2. The molecule has 0 radical (unpaired) electrons. The minimum atomic E-state index is -4.10. The zero-order chi connectivity index (χ0) is 26.0. The van der Waals surface area contributed by atoms with Crippen LogP contribution < -0.4 is 19.7 Å². The standard InChI is InChI=1S/C25H30N4O6S/c1-19-13-21(15-23(14-19)35-12-11-27-20-7-9-26-10-8-20)29(17-25(32)28-16-22(31)18-30)36(33,34)24-5-3-2-4-6-24/h2-10,13-15,22,30-31H,11-12,16-18H2,1H3,(H,26,27)(H,28,32). The fourth-order valence-corrected chi connectivity index (χ4v) is 4.73. The number of benzene rings is 2. The number of carbonyl (C=O) groups is 1. The quantitative estimate of drug-likeness (QED) is 0.252. The Morgan fingerprint density at radius 1 is 1.11 bits per heavy atom. The smallest absolute Gasteiger partial charge is 0.264 e. The van der Waals surface area contributed by atoms with Gasteiger partial charge in [0.25, 0.3) is 10.0 Å². The van der Waals surface area contributed by atoms with Crippen molar-refractivity contribution >= 4 is 27.3 Å². The molecule has 0 saturated heterocycles. The van der Waals surface area contributed by atoms with E-state index in [0.29, 0.717) is 18.9 Å². The Hall–Kier alpha value is -3.67. The van der Waals surface area contributed by atoms with E-state index >= 15 is 0 Å². The number of aliphatic hydroxyl groups excluding tert-OH is 2. The van der Waals surface area contributed by atoms with Gasteiger partial charge in [0, 0.05) is 37.2 Å². The van der Waals surface area contributed by atoms with Gasteiger partial charge in [0.15, 0.2) is 0 Å². The van der Waals surface area contributed by atoms with Crippen LogP contribution in [0.15, 0.2) is 78.0 Å². The van der Waals surface area contributed by atoms with Gasteiger partial charge in [-0.05, 0) is 48.9 Å². The van der Waals surface area contributed by atoms with Crippen molar-refractivity contribution in [3.63, 3.8) is 0 Å². The van der Waals surface area contributed by atoms with Gasteiger partial charge in [-0.2, -0.15) is 0 Å². The van der Waals surface area contributed by atoms with Crippen LogP contribution in [0.2, 0.25) is 0 Å². The first kappa shape index (κ1) is 26.9. The molecule has 1 amide bonds. The third-order valence-electron chi connectivity index (χ3n) is 5.07. The maximum atomic E-state index is 13.5. The first-order valence-electron chi connectivity index (χ1n) is 11.3. The summed E-state index contributed by atoms with van der Waals surface area (Å²) < 4.78 is 33.9. The van der Waals surface area contributed by atoms with Gasteiger partial charge in [0.1, 0.15) is 18.9 Å². The lowest BCUT2D eigenvalue weighted by Crippen LogP contribution is -2.43. The van der Waals surface area contributed by atoms with Crippen LogP contribution in [0.4, 0.5) is 11.4 Å². The number of rotatable bonds is 13. The Kier molecular flexibility index (Phi) is 9.62. The number of aryl methyl sites for hydroxylation is 1. The molecule has 0 spiro atoms. The second-order valence-corrected chi connectivity index (χ2v) is 9.84. The molecule has 0 aliphatic carbocycles. The van der Waals surface area contributed by atoms with Gasteiger partial charge >= 0.3 is 0 Å². The number of carbonyl (C=O) groups excluding carboxylic acids is 1. The second kappa shape index (κ2) is 12.9. The van der Waals surface area contributed by atoms with Crippen molar-refractivity contribution < 1.29 is 28.2 Å². The molecular formula is C25H30N4O6S. The zero-order valence-electron chi connectivity index (χ0n) is 19.9. The summed E-state index contributed by atoms with van der Waals surface area (Å²) in [6.07, 6.45) is 2.21. The van der Waals surface area contributed by atoms with E-state index in [9.17, 15) is 18.3 Å². The Labute approximate surface area is 210 Å². The fraction of sp³-hybridized carbons (Fsp3) is 0.280. The molecule has 192 valence electrons. The predicted octanol–water partition coefficient (Wildman–Crippen LogP) is 1.55. The third kappa shape index (κ3) is 7.67. The Morgan fingerprint density at radius 3 is 2.53 bits per heavy atom. The molecule has 4 N–H and O–H groups in total. The minimum Gasteiger partial charge on any atom is -0.492 e. The van der Waals surface area contributed by atoms with Crippen LogP contribution in [0.1, 0.15) is 5.56 Å². The van der Waals surface area contributed by atoms with E-state index in [1.54, 1.807) is 55.7 Å². The summed E-state index contributed by atoms with van der Waals surface area (Å²) in [6, 6.07) is 16.5. The van der Waals surface area contributed by atoms with Crippen molar-refractivity contribution in [1.29, 1.82) is 0 Å². The van der Waals surface area contributed by atoms with Crippen LogP contribution >= 0.6 is 0 Å². The van der Waals surface area contributed by atoms with Gasteiger partial charge in [-0.3, -0.25) is 14.1 Å². The summed E-state index contributed by atoms with van der Waals surface area (Å²) in [7, 11) is -4.10. The SMILES string of the molecule is Cc1cc(OCCNc2ccncc2)cc(N(CC(=O)NCC(O)CO)S(=O)(=O)c2ccccc2)c1. The molecule has 3 rings (SSSR count). The molecule has 36 heavy (non-hydrogen) atoms. The largest absolute Gasteiger partial charge is 0.492 e. The van der Waals surface area contributed by atoms with Crippen molar-refractivity contribution in [3.8, 4) is 5.75 Å². The molecule has 1 aromatic heterocycles. The van der Waals surface area contributed by atoms with E-state index in [0.717, 1.165) is 15.6 Å². The van der Waals surface area contributed by atoms with Gasteiger partial charge in [-0.25, -0.2) is 8.42 Å². The molecule has 11 heteroatoms. The number of ether oxygens (including phenoxy) is 1. The number of aliphatic hydroxyl groups is 2. The summed E-state index contributed by atoms with van der Waals surface area (Å²) in [5, 5.41) is 24.1. The Balaban J connectivity index is 1.81. The molecule has 0 saturated carbocycles. The van der Waals surface area contributed by atoms with Crippen LogP contribution in [0.5, 0.6) is 5.75 Å². The highest BCUT2D eigenvalue weighted by molar-refractivity contribution is 7.92. The summed E-state index contributed by atoms with van der Waals surface area (Å²) in [6.45, 7) is 1.37. The number of pyridine rings is 1. The normalized spacial score (nSPS) is 12.0. The number of aromatic nitrogens is 1. The number of nitrogens with zero attached hydrogens (tertiary/aromatic N) is 2. The molecule has 2 aromatic carbocycles. The summed E-state index contributed by atoms with van der Waals surface area (Å²) in [5.74, 6) is -0.182. The number of sulfonamides is 1. The molecule has 0 aliphatic rings. The van der Waals surface area contributed by atoms with E-state index in [-0.39, 0.29) is 17.1 Å². The minimum absolute atomic E-state index is 0.0266. The van der Waals surface area contributed by atoms with Crippen molar-refractivity contribution in [1.82, 2.24) is 10.3 Å².